The van der Waals surface area contributed by atoms with Crippen molar-refractivity contribution in [3.8, 4) is 0 Å². The van der Waals surface area contributed by atoms with E-state index in [-0.39, 0.29) is 18.2 Å². The monoisotopic (exact) mass is 277 g/mol. The summed E-state index contributed by atoms with van der Waals surface area (Å²) in [6.07, 6.45) is 2.13. The highest BCUT2D eigenvalue weighted by Gasteiger charge is 2.41. The minimum atomic E-state index is -3.32. The number of carbonyl (C=O) groups excluding carboxylic acids is 1. The summed E-state index contributed by atoms with van der Waals surface area (Å²) in [6.45, 7) is 3.68. The number of carbonyl (C=O) groups is 1. The van der Waals surface area contributed by atoms with Crippen molar-refractivity contribution in [2.75, 3.05) is 25.9 Å². The van der Waals surface area contributed by atoms with E-state index in [4.69, 9.17) is 5.73 Å². The molecule has 0 aromatic carbocycles. The molecule has 1 amide bonds. The average molecular weight is 277 g/mol. The maximum atomic E-state index is 11.9. The molecule has 1 atom stereocenters. The zero-order valence-electron chi connectivity index (χ0n) is 11.3. The number of hydrogen-bond donors (Lipinski definition) is 2. The Morgan fingerprint density at radius 1 is 1.50 bits per heavy atom. The maximum absolute atomic E-state index is 11.9. The molecule has 1 aliphatic rings. The number of likely N-dealkylation sites (N-methyl/N-ethyl adjacent to an activating group) is 1. The van der Waals surface area contributed by atoms with Gasteiger partial charge in [0.25, 0.3) is 0 Å². The highest BCUT2D eigenvalue weighted by Crippen LogP contribution is 2.38. The third-order valence-corrected chi connectivity index (χ3v) is 5.34. The van der Waals surface area contributed by atoms with Crippen LogP contribution in [0, 0.1) is 5.92 Å². The first kappa shape index (κ1) is 15.4. The van der Waals surface area contributed by atoms with Gasteiger partial charge in [0.2, 0.25) is 15.9 Å². The Balaban J connectivity index is 2.56. The van der Waals surface area contributed by atoms with Crippen molar-refractivity contribution in [2.24, 2.45) is 11.7 Å². The molecule has 0 aromatic rings. The lowest BCUT2D eigenvalue weighted by atomic mass is 9.96. The van der Waals surface area contributed by atoms with Gasteiger partial charge < -0.3 is 11.1 Å². The van der Waals surface area contributed by atoms with E-state index >= 15 is 0 Å². The molecule has 106 valence electrons. The van der Waals surface area contributed by atoms with Gasteiger partial charge in [-0.15, -0.1) is 0 Å². The zero-order chi connectivity index (χ0) is 14.0. The quantitative estimate of drug-likeness (QED) is 0.657. The summed E-state index contributed by atoms with van der Waals surface area (Å²) in [7, 11) is -1.91. The van der Waals surface area contributed by atoms with Crippen LogP contribution in [-0.2, 0) is 14.8 Å². The van der Waals surface area contributed by atoms with Gasteiger partial charge in [0, 0.05) is 13.6 Å². The number of amides is 1. The van der Waals surface area contributed by atoms with Crippen LogP contribution in [0.4, 0.5) is 0 Å². The first-order chi connectivity index (χ1) is 8.25. The van der Waals surface area contributed by atoms with Gasteiger partial charge in [0.15, 0.2) is 0 Å². The third-order valence-electron chi connectivity index (χ3n) is 3.53. The number of hydrogen-bond acceptors (Lipinski definition) is 4. The average Bonchev–Trinajstić information content (AvgIpc) is 3.12. The molecule has 1 fully saturated rings. The van der Waals surface area contributed by atoms with Crippen LogP contribution < -0.4 is 11.1 Å². The van der Waals surface area contributed by atoms with Crippen molar-refractivity contribution >= 4 is 15.9 Å². The van der Waals surface area contributed by atoms with E-state index in [1.54, 1.807) is 6.92 Å². The largest absolute Gasteiger partial charge is 0.348 e. The molecule has 0 radical (unpaired) electrons. The topological polar surface area (TPSA) is 92.5 Å². The predicted molar refractivity (Wildman–Crippen MR) is 70.4 cm³/mol. The summed E-state index contributed by atoms with van der Waals surface area (Å²) in [5, 5.41) is 2.86. The van der Waals surface area contributed by atoms with Gasteiger partial charge in [-0.2, -0.15) is 4.31 Å². The molecule has 0 aromatic heterocycles. The van der Waals surface area contributed by atoms with Crippen molar-refractivity contribution in [1.82, 2.24) is 9.62 Å². The van der Waals surface area contributed by atoms with Gasteiger partial charge in [-0.1, -0.05) is 0 Å². The lowest BCUT2D eigenvalue weighted by molar-refractivity contribution is -0.123. The molecule has 6 nitrogen and oxygen atoms in total. The SMILES string of the molecule is CCS(=O)(=O)N(C)CC(=O)NC(C)(CN)C1CC1. The lowest BCUT2D eigenvalue weighted by Gasteiger charge is -2.30. The number of nitrogens with zero attached hydrogens (tertiary/aromatic N) is 1. The second-order valence-electron chi connectivity index (χ2n) is 5.10. The van der Waals surface area contributed by atoms with Gasteiger partial charge in [-0.05, 0) is 32.6 Å². The summed E-state index contributed by atoms with van der Waals surface area (Å²) >= 11 is 0. The molecule has 1 unspecified atom stereocenters. The third kappa shape index (κ3) is 3.66. The molecule has 0 spiro atoms. The van der Waals surface area contributed by atoms with Crippen LogP contribution in [-0.4, -0.2) is 50.1 Å². The summed E-state index contributed by atoms with van der Waals surface area (Å²) in [4.78, 5) is 11.9. The second kappa shape index (κ2) is 5.54. The van der Waals surface area contributed by atoms with E-state index in [9.17, 15) is 13.2 Å². The molecule has 0 aliphatic heterocycles. The van der Waals surface area contributed by atoms with E-state index in [0.29, 0.717) is 12.5 Å². The standard InChI is InChI=1S/C11H23N3O3S/c1-4-18(16,17)14(3)7-10(15)13-11(2,8-12)9-5-6-9/h9H,4-8,12H2,1-3H3,(H,13,15). The zero-order valence-corrected chi connectivity index (χ0v) is 12.1. The first-order valence-electron chi connectivity index (χ1n) is 6.20. The van der Waals surface area contributed by atoms with Gasteiger partial charge in [-0.3, -0.25) is 4.79 Å². The number of rotatable bonds is 7. The Morgan fingerprint density at radius 2 is 2.06 bits per heavy atom. The molecule has 1 saturated carbocycles. The van der Waals surface area contributed by atoms with Crippen molar-refractivity contribution < 1.29 is 13.2 Å². The van der Waals surface area contributed by atoms with Crippen LogP contribution in [0.15, 0.2) is 0 Å². The fraction of sp³-hybridized carbons (Fsp3) is 0.909. The molecule has 0 bridgehead atoms. The number of nitrogens with one attached hydrogen (secondary N) is 1. The van der Waals surface area contributed by atoms with Crippen molar-refractivity contribution in [1.29, 1.82) is 0 Å². The minimum absolute atomic E-state index is 0.00639. The van der Waals surface area contributed by atoms with Crippen LogP contribution in [0.1, 0.15) is 26.7 Å². The van der Waals surface area contributed by atoms with E-state index in [2.05, 4.69) is 5.32 Å². The molecule has 3 N–H and O–H groups in total. The van der Waals surface area contributed by atoms with E-state index < -0.39 is 15.6 Å². The summed E-state index contributed by atoms with van der Waals surface area (Å²) in [5.41, 5.74) is 5.28. The Morgan fingerprint density at radius 3 is 2.44 bits per heavy atom. The Hall–Kier alpha value is -0.660. The highest BCUT2D eigenvalue weighted by atomic mass is 32.2. The van der Waals surface area contributed by atoms with Gasteiger partial charge in [0.1, 0.15) is 0 Å². The van der Waals surface area contributed by atoms with Crippen molar-refractivity contribution in [3.05, 3.63) is 0 Å². The molecule has 0 heterocycles. The molecule has 0 saturated heterocycles. The molecule has 18 heavy (non-hydrogen) atoms. The number of nitrogens with two attached hydrogens (primary N) is 1. The Bertz CT molecular complexity index is 406. The van der Waals surface area contributed by atoms with E-state index in [0.717, 1.165) is 17.1 Å². The van der Waals surface area contributed by atoms with E-state index in [1.165, 1.54) is 7.05 Å². The highest BCUT2D eigenvalue weighted by molar-refractivity contribution is 7.89. The molecule has 7 heteroatoms. The minimum Gasteiger partial charge on any atom is -0.348 e. The molecular weight excluding hydrogens is 254 g/mol. The van der Waals surface area contributed by atoms with E-state index in [1.807, 2.05) is 6.92 Å². The van der Waals surface area contributed by atoms with Crippen LogP contribution in [0.5, 0.6) is 0 Å². The smallest absolute Gasteiger partial charge is 0.235 e. The van der Waals surface area contributed by atoms with Crippen LogP contribution in [0.2, 0.25) is 0 Å². The molecule has 1 aliphatic carbocycles. The van der Waals surface area contributed by atoms with Crippen LogP contribution in [0.25, 0.3) is 0 Å². The maximum Gasteiger partial charge on any atom is 0.235 e. The predicted octanol–water partition coefficient (Wildman–Crippen LogP) is -0.488. The Kier molecular flexibility index (Phi) is 4.74. The fourth-order valence-corrected chi connectivity index (χ4v) is 2.67. The fourth-order valence-electron chi connectivity index (χ4n) is 1.92. The molecule has 1 rings (SSSR count). The Labute approximate surface area is 109 Å². The van der Waals surface area contributed by atoms with Crippen LogP contribution >= 0.6 is 0 Å². The lowest BCUT2D eigenvalue weighted by Crippen LogP contribution is -2.55. The van der Waals surface area contributed by atoms with Crippen molar-refractivity contribution in [3.63, 3.8) is 0 Å². The van der Waals surface area contributed by atoms with Gasteiger partial charge >= 0.3 is 0 Å². The van der Waals surface area contributed by atoms with Crippen LogP contribution in [0.3, 0.4) is 0 Å². The normalized spacial score (nSPS) is 19.6. The first-order valence-corrected chi connectivity index (χ1v) is 7.81. The summed E-state index contributed by atoms with van der Waals surface area (Å²) < 4.78 is 24.2. The van der Waals surface area contributed by atoms with Crippen molar-refractivity contribution in [2.45, 2.75) is 32.2 Å². The summed E-state index contributed by atoms with van der Waals surface area (Å²) in [5.74, 6) is 0.113. The number of sulfonamides is 1. The summed E-state index contributed by atoms with van der Waals surface area (Å²) in [6, 6.07) is 0. The molecular formula is C11H23N3O3S. The second-order valence-corrected chi connectivity index (χ2v) is 7.47. The van der Waals surface area contributed by atoms with Gasteiger partial charge in [0.05, 0.1) is 17.8 Å². The van der Waals surface area contributed by atoms with Gasteiger partial charge in [-0.25, -0.2) is 8.42 Å².